The zero-order chi connectivity index (χ0) is 14.7. The predicted octanol–water partition coefficient (Wildman–Crippen LogP) is 1.78. The number of nitrogen functional groups attached to an aromatic ring is 1. The van der Waals surface area contributed by atoms with E-state index in [9.17, 15) is 14.7 Å². The van der Waals surface area contributed by atoms with E-state index in [0.717, 1.165) is 6.42 Å². The first-order valence-corrected chi connectivity index (χ1v) is 6.93. The summed E-state index contributed by atoms with van der Waals surface area (Å²) in [6.07, 6.45) is 2.04. The number of carboxylic acid groups (broad SMARTS) is 1. The molecule has 1 aliphatic heterocycles. The Morgan fingerprint density at radius 1 is 1.40 bits per heavy atom. The van der Waals surface area contributed by atoms with E-state index in [1.807, 2.05) is 11.8 Å². The normalized spacial score (nSPS) is 20.8. The maximum Gasteiger partial charge on any atom is 0.320 e. The molecule has 0 aliphatic carbocycles. The second-order valence-electron chi connectivity index (χ2n) is 5.14. The van der Waals surface area contributed by atoms with Gasteiger partial charge in [0.25, 0.3) is 0 Å². The van der Waals surface area contributed by atoms with Crippen molar-refractivity contribution in [2.24, 2.45) is 0 Å². The van der Waals surface area contributed by atoms with Gasteiger partial charge in [0.2, 0.25) is 0 Å². The Morgan fingerprint density at radius 2 is 2.05 bits per heavy atom. The van der Waals surface area contributed by atoms with Crippen molar-refractivity contribution in [3.63, 3.8) is 0 Å². The number of hydrogen-bond acceptors (Lipinski definition) is 4. The van der Waals surface area contributed by atoms with Crippen LogP contribution in [0.5, 0.6) is 0 Å². The minimum absolute atomic E-state index is 0.0272. The minimum Gasteiger partial charge on any atom is -0.480 e. The summed E-state index contributed by atoms with van der Waals surface area (Å²) in [5.74, 6) is -0.869. The van der Waals surface area contributed by atoms with Gasteiger partial charge in [-0.3, -0.25) is 14.5 Å². The van der Waals surface area contributed by atoms with Crippen LogP contribution in [0.15, 0.2) is 24.3 Å². The third kappa shape index (κ3) is 2.82. The molecular weight excluding hydrogens is 256 g/mol. The summed E-state index contributed by atoms with van der Waals surface area (Å²) in [6.45, 7) is 2.58. The van der Waals surface area contributed by atoms with Crippen molar-refractivity contribution in [1.82, 2.24) is 4.90 Å². The third-order valence-electron chi connectivity index (χ3n) is 3.86. The second kappa shape index (κ2) is 6.05. The van der Waals surface area contributed by atoms with E-state index in [4.69, 9.17) is 5.73 Å². The minimum atomic E-state index is -0.842. The van der Waals surface area contributed by atoms with Crippen molar-refractivity contribution in [3.05, 3.63) is 29.8 Å². The molecule has 5 heteroatoms. The molecule has 1 aromatic rings. The molecule has 0 saturated carbocycles. The Morgan fingerprint density at radius 3 is 2.60 bits per heavy atom. The van der Waals surface area contributed by atoms with E-state index in [1.165, 1.54) is 0 Å². The van der Waals surface area contributed by atoms with Crippen molar-refractivity contribution in [1.29, 1.82) is 0 Å². The summed E-state index contributed by atoms with van der Waals surface area (Å²) in [5, 5.41) is 9.25. The van der Waals surface area contributed by atoms with Crippen molar-refractivity contribution < 1.29 is 14.7 Å². The fraction of sp³-hybridized carbons (Fsp3) is 0.467. The van der Waals surface area contributed by atoms with Gasteiger partial charge in [0.15, 0.2) is 5.78 Å². The van der Waals surface area contributed by atoms with Crippen LogP contribution in [-0.2, 0) is 4.79 Å². The Bertz CT molecular complexity index is 498. The van der Waals surface area contributed by atoms with E-state index in [0.29, 0.717) is 30.6 Å². The molecule has 1 saturated heterocycles. The van der Waals surface area contributed by atoms with Crippen LogP contribution in [-0.4, -0.2) is 40.4 Å². The quantitative estimate of drug-likeness (QED) is 0.632. The highest BCUT2D eigenvalue weighted by Gasteiger charge is 2.37. The van der Waals surface area contributed by atoms with Crippen LogP contribution in [0, 0.1) is 0 Å². The Hall–Kier alpha value is -1.88. The van der Waals surface area contributed by atoms with Crippen molar-refractivity contribution in [2.45, 2.75) is 38.3 Å². The zero-order valence-corrected chi connectivity index (χ0v) is 11.6. The molecule has 1 aliphatic rings. The summed E-state index contributed by atoms with van der Waals surface area (Å²) < 4.78 is 0. The number of likely N-dealkylation sites (tertiary alicyclic amines) is 1. The first kappa shape index (κ1) is 14.5. The Kier molecular flexibility index (Phi) is 4.39. The van der Waals surface area contributed by atoms with Gasteiger partial charge in [0.1, 0.15) is 6.04 Å². The smallest absolute Gasteiger partial charge is 0.320 e. The van der Waals surface area contributed by atoms with Gasteiger partial charge in [0.05, 0.1) is 6.04 Å². The molecule has 2 atom stereocenters. The molecule has 0 radical (unpaired) electrons. The molecule has 20 heavy (non-hydrogen) atoms. The van der Waals surface area contributed by atoms with Gasteiger partial charge in [-0.15, -0.1) is 0 Å². The standard InChI is InChI=1S/C15H20N2O3/c1-2-12(17-9-3-4-13(17)15(19)20)14(18)10-5-7-11(16)8-6-10/h5-8,12-13H,2-4,9,16H2,1H3,(H,19,20). The summed E-state index contributed by atoms with van der Waals surface area (Å²) in [5.41, 5.74) is 6.82. The van der Waals surface area contributed by atoms with Gasteiger partial charge < -0.3 is 10.8 Å². The average Bonchev–Trinajstić information content (AvgIpc) is 2.89. The number of benzene rings is 1. The summed E-state index contributed by atoms with van der Waals surface area (Å²) in [4.78, 5) is 25.7. The number of anilines is 1. The molecule has 0 aromatic heterocycles. The topological polar surface area (TPSA) is 83.6 Å². The number of Topliss-reactive ketones (excluding diaryl/α,β-unsaturated/α-hetero) is 1. The Balaban J connectivity index is 2.21. The van der Waals surface area contributed by atoms with Gasteiger partial charge in [0, 0.05) is 11.3 Å². The maximum atomic E-state index is 12.6. The van der Waals surface area contributed by atoms with E-state index in [1.54, 1.807) is 24.3 Å². The second-order valence-corrected chi connectivity index (χ2v) is 5.14. The van der Waals surface area contributed by atoms with Crippen LogP contribution in [0.4, 0.5) is 5.69 Å². The number of hydrogen-bond donors (Lipinski definition) is 2. The fourth-order valence-corrected chi connectivity index (χ4v) is 2.84. The lowest BCUT2D eigenvalue weighted by atomic mass is 9.99. The number of nitrogens with two attached hydrogens (primary N) is 1. The van der Waals surface area contributed by atoms with E-state index < -0.39 is 12.0 Å². The summed E-state index contributed by atoms with van der Waals surface area (Å²) in [6, 6.07) is 5.87. The van der Waals surface area contributed by atoms with Gasteiger partial charge in [-0.2, -0.15) is 0 Å². The third-order valence-corrected chi connectivity index (χ3v) is 3.86. The lowest BCUT2D eigenvalue weighted by molar-refractivity contribution is -0.142. The number of ketones is 1. The SMILES string of the molecule is CCC(C(=O)c1ccc(N)cc1)N1CCCC1C(=O)O. The summed E-state index contributed by atoms with van der Waals surface area (Å²) in [7, 11) is 0. The molecule has 3 N–H and O–H groups in total. The Labute approximate surface area is 118 Å². The van der Waals surface area contributed by atoms with Crippen LogP contribution < -0.4 is 5.73 Å². The average molecular weight is 276 g/mol. The van der Waals surface area contributed by atoms with Crippen molar-refractivity contribution in [3.8, 4) is 0 Å². The largest absolute Gasteiger partial charge is 0.480 e. The number of carbonyl (C=O) groups excluding carboxylic acids is 1. The van der Waals surface area contributed by atoms with Crippen LogP contribution in [0.3, 0.4) is 0 Å². The fourth-order valence-electron chi connectivity index (χ4n) is 2.84. The first-order valence-electron chi connectivity index (χ1n) is 6.93. The van der Waals surface area contributed by atoms with E-state index in [-0.39, 0.29) is 11.8 Å². The molecule has 1 fully saturated rings. The molecule has 5 nitrogen and oxygen atoms in total. The number of aliphatic carboxylic acids is 1. The van der Waals surface area contributed by atoms with Gasteiger partial charge in [-0.05, 0) is 50.1 Å². The number of carboxylic acids is 1. The van der Waals surface area contributed by atoms with E-state index >= 15 is 0 Å². The van der Waals surface area contributed by atoms with Crippen LogP contribution >= 0.6 is 0 Å². The number of carbonyl (C=O) groups is 2. The highest BCUT2D eigenvalue weighted by Crippen LogP contribution is 2.24. The molecule has 1 heterocycles. The van der Waals surface area contributed by atoms with Crippen LogP contribution in [0.2, 0.25) is 0 Å². The van der Waals surface area contributed by atoms with Crippen molar-refractivity contribution in [2.75, 3.05) is 12.3 Å². The highest BCUT2D eigenvalue weighted by atomic mass is 16.4. The molecule has 2 unspecified atom stereocenters. The van der Waals surface area contributed by atoms with Crippen molar-refractivity contribution >= 4 is 17.4 Å². The molecule has 108 valence electrons. The molecule has 0 bridgehead atoms. The first-order chi connectivity index (χ1) is 9.54. The maximum absolute atomic E-state index is 12.6. The van der Waals surface area contributed by atoms with Crippen LogP contribution in [0.25, 0.3) is 0 Å². The van der Waals surface area contributed by atoms with Gasteiger partial charge in [-0.1, -0.05) is 6.92 Å². The number of rotatable bonds is 5. The van der Waals surface area contributed by atoms with Crippen LogP contribution in [0.1, 0.15) is 36.5 Å². The zero-order valence-electron chi connectivity index (χ0n) is 11.6. The molecule has 0 amide bonds. The predicted molar refractivity (Wildman–Crippen MR) is 76.6 cm³/mol. The van der Waals surface area contributed by atoms with E-state index in [2.05, 4.69) is 0 Å². The summed E-state index contributed by atoms with van der Waals surface area (Å²) >= 11 is 0. The number of nitrogens with zero attached hydrogens (tertiary/aromatic N) is 1. The monoisotopic (exact) mass is 276 g/mol. The van der Waals surface area contributed by atoms with Gasteiger partial charge in [-0.25, -0.2) is 0 Å². The van der Waals surface area contributed by atoms with Gasteiger partial charge >= 0.3 is 5.97 Å². The lowest BCUT2D eigenvalue weighted by Gasteiger charge is -2.29. The molecule has 2 rings (SSSR count). The molecule has 1 aromatic carbocycles. The molecular formula is C15H20N2O3. The lowest BCUT2D eigenvalue weighted by Crippen LogP contribution is -2.46. The highest BCUT2D eigenvalue weighted by molar-refractivity contribution is 6.00. The molecule has 0 spiro atoms.